The number of likely N-dealkylation sites (N-methyl/N-ethyl adjacent to an activating group) is 1. The van der Waals surface area contributed by atoms with Crippen molar-refractivity contribution < 1.29 is 9.32 Å². The first kappa shape index (κ1) is 31.3. The first-order valence-electron chi connectivity index (χ1n) is 17.2. The molecular formula is C36H41N11O2. The summed E-state index contributed by atoms with van der Waals surface area (Å²) < 4.78 is 10.0. The molecule has 5 heterocycles. The number of hydrogen-bond acceptors (Lipinski definition) is 11. The van der Waals surface area contributed by atoms with E-state index in [1.54, 1.807) is 10.9 Å². The Morgan fingerprint density at radius 2 is 2.02 bits per heavy atom. The van der Waals surface area contributed by atoms with Gasteiger partial charge in [-0.25, -0.2) is 19.3 Å². The molecule has 13 heteroatoms. The van der Waals surface area contributed by atoms with Gasteiger partial charge in [-0.2, -0.15) is 15.5 Å². The number of nitriles is 1. The molecule has 13 nitrogen and oxygen atoms in total. The fourth-order valence-corrected chi connectivity index (χ4v) is 8.78. The van der Waals surface area contributed by atoms with E-state index in [9.17, 15) is 10.1 Å². The molecule has 1 saturated heterocycles. The van der Waals surface area contributed by atoms with E-state index in [2.05, 4.69) is 36.1 Å². The Balaban J connectivity index is 1.33. The highest BCUT2D eigenvalue weighted by Gasteiger charge is 2.48. The third kappa shape index (κ3) is 4.88. The molecular weight excluding hydrogens is 618 g/mol. The van der Waals surface area contributed by atoms with Crippen molar-refractivity contribution in [1.29, 1.82) is 5.26 Å². The molecule has 1 fully saturated rings. The summed E-state index contributed by atoms with van der Waals surface area (Å²) in [7, 11) is 6.07. The topological polar surface area (TPSA) is 161 Å². The molecule has 0 saturated carbocycles. The zero-order valence-electron chi connectivity index (χ0n) is 28.5. The number of likely N-dealkylation sites (tertiary alicyclic amines) is 1. The standard InChI is InChI=1S/C36H41N11O2/c1-21(29-10-7-15-45(29)4)47-35-26(17-39-47)34(46-19-23(18-44(2)3)28(20-48)42-46)40-33(41-35)31-24-9-6-14-36(32(24)49-43-31)13-5-8-22-11-12-27(38)25(16-37)30(22)36/h11-12,17,19-21,29H,5-10,13-15,18,38H2,1-4H3. The van der Waals surface area contributed by atoms with Crippen LogP contribution in [0.1, 0.15) is 95.6 Å². The Kier molecular flexibility index (Phi) is 7.61. The third-order valence-electron chi connectivity index (χ3n) is 11.0. The molecule has 1 spiro atoms. The first-order valence-corrected chi connectivity index (χ1v) is 17.2. The molecule has 1 aromatic carbocycles. The lowest BCUT2D eigenvalue weighted by Gasteiger charge is -2.41. The molecule has 3 atom stereocenters. The molecule has 8 rings (SSSR count). The zero-order valence-corrected chi connectivity index (χ0v) is 28.5. The summed E-state index contributed by atoms with van der Waals surface area (Å²) in [6.45, 7) is 3.79. The van der Waals surface area contributed by atoms with Crippen LogP contribution in [0.2, 0.25) is 0 Å². The summed E-state index contributed by atoms with van der Waals surface area (Å²) in [6, 6.07) is 6.69. The summed E-state index contributed by atoms with van der Waals surface area (Å²) in [5.74, 6) is 1.72. The maximum Gasteiger partial charge on any atom is 0.186 e. The highest BCUT2D eigenvalue weighted by Crippen LogP contribution is 2.53. The number of aromatic nitrogens is 7. The van der Waals surface area contributed by atoms with E-state index in [0.29, 0.717) is 52.5 Å². The van der Waals surface area contributed by atoms with E-state index in [-0.39, 0.29) is 6.04 Å². The number of nitrogens with two attached hydrogens (primary N) is 1. The number of hydrogen-bond donors (Lipinski definition) is 1. The number of benzene rings is 1. The largest absolute Gasteiger partial charge is 0.398 e. The van der Waals surface area contributed by atoms with Gasteiger partial charge in [-0.15, -0.1) is 0 Å². The predicted molar refractivity (Wildman–Crippen MR) is 183 cm³/mol. The quantitative estimate of drug-likeness (QED) is 0.192. The fraction of sp³-hybridized carbons (Fsp3) is 0.472. The van der Waals surface area contributed by atoms with Gasteiger partial charge in [-0.05, 0) is 103 Å². The monoisotopic (exact) mass is 659 g/mol. The van der Waals surface area contributed by atoms with Crippen LogP contribution in [0.3, 0.4) is 0 Å². The number of fused-ring (bicyclic) bond motifs is 5. The molecule has 3 unspecified atom stereocenters. The molecule has 0 amide bonds. The highest BCUT2D eigenvalue weighted by molar-refractivity contribution is 5.85. The summed E-state index contributed by atoms with van der Waals surface area (Å²) in [5.41, 5.74) is 12.4. The van der Waals surface area contributed by atoms with Gasteiger partial charge >= 0.3 is 0 Å². The molecule has 5 aromatic rings. The molecule has 1 aliphatic heterocycles. The van der Waals surface area contributed by atoms with Crippen LogP contribution in [-0.2, 0) is 24.8 Å². The molecule has 0 bridgehead atoms. The molecule has 4 aromatic heterocycles. The minimum atomic E-state index is -0.495. The van der Waals surface area contributed by atoms with Crippen molar-refractivity contribution in [3.05, 3.63) is 63.8 Å². The lowest BCUT2D eigenvalue weighted by Crippen LogP contribution is -2.36. The second-order valence-corrected chi connectivity index (χ2v) is 14.3. The van der Waals surface area contributed by atoms with E-state index in [4.69, 9.17) is 30.5 Å². The van der Waals surface area contributed by atoms with E-state index in [1.165, 1.54) is 0 Å². The van der Waals surface area contributed by atoms with Gasteiger partial charge in [0.15, 0.2) is 35.0 Å². The Morgan fingerprint density at radius 1 is 1.20 bits per heavy atom. The maximum absolute atomic E-state index is 12.1. The van der Waals surface area contributed by atoms with Gasteiger partial charge in [0, 0.05) is 35.6 Å². The van der Waals surface area contributed by atoms with Gasteiger partial charge in [0.25, 0.3) is 0 Å². The fourth-order valence-electron chi connectivity index (χ4n) is 8.78. The molecule has 3 aliphatic rings. The Labute approximate surface area is 284 Å². The SMILES string of the molecule is CC(C1CCCN1C)n1ncc2c(-n3cc(CN(C)C)c(C=O)n3)nc(-c3noc4c3CCCC43CCCc4ccc(N)c(C#N)c43)nc21. The number of nitrogen functional groups attached to an aromatic ring is 1. The Bertz CT molecular complexity index is 2130. The van der Waals surface area contributed by atoms with Crippen LogP contribution in [-0.4, -0.2) is 84.5 Å². The molecule has 0 radical (unpaired) electrons. The zero-order chi connectivity index (χ0) is 34.0. The van der Waals surface area contributed by atoms with Gasteiger partial charge < -0.3 is 20.1 Å². The number of carbonyl (C=O) groups is 1. The second kappa shape index (κ2) is 11.9. The minimum Gasteiger partial charge on any atom is -0.398 e. The van der Waals surface area contributed by atoms with Gasteiger partial charge in [0.2, 0.25) is 0 Å². The lowest BCUT2D eigenvalue weighted by molar-refractivity contribution is 0.111. The number of anilines is 1. The van der Waals surface area contributed by atoms with Gasteiger partial charge in [0.05, 0.1) is 28.6 Å². The number of rotatable bonds is 7. The average molecular weight is 660 g/mol. The highest BCUT2D eigenvalue weighted by atomic mass is 16.5. The van der Waals surface area contributed by atoms with Crippen LogP contribution in [0.15, 0.2) is 29.0 Å². The number of aryl methyl sites for hydroxylation is 1. The van der Waals surface area contributed by atoms with Crippen LogP contribution < -0.4 is 5.73 Å². The second-order valence-electron chi connectivity index (χ2n) is 14.3. The van der Waals surface area contributed by atoms with Crippen LogP contribution in [0, 0.1) is 11.3 Å². The molecule has 252 valence electrons. The van der Waals surface area contributed by atoms with Crippen LogP contribution >= 0.6 is 0 Å². The van der Waals surface area contributed by atoms with Crippen LogP contribution in [0.25, 0.3) is 28.4 Å². The van der Waals surface area contributed by atoms with Crippen molar-refractivity contribution >= 4 is 23.0 Å². The summed E-state index contributed by atoms with van der Waals surface area (Å²) in [5, 5.41) is 25.2. The van der Waals surface area contributed by atoms with Crippen LogP contribution in [0.4, 0.5) is 5.69 Å². The van der Waals surface area contributed by atoms with Crippen LogP contribution in [0.5, 0.6) is 0 Å². The van der Waals surface area contributed by atoms with E-state index < -0.39 is 5.41 Å². The van der Waals surface area contributed by atoms with Crippen molar-refractivity contribution in [3.63, 3.8) is 0 Å². The predicted octanol–water partition coefficient (Wildman–Crippen LogP) is 4.61. The van der Waals surface area contributed by atoms with Gasteiger partial charge in [-0.3, -0.25) is 4.79 Å². The Morgan fingerprint density at radius 3 is 2.76 bits per heavy atom. The normalized spacial score (nSPS) is 21.3. The summed E-state index contributed by atoms with van der Waals surface area (Å²) in [4.78, 5) is 26.8. The summed E-state index contributed by atoms with van der Waals surface area (Å²) >= 11 is 0. The number of nitrogens with zero attached hydrogens (tertiary/aromatic N) is 10. The number of aldehydes is 1. The van der Waals surface area contributed by atoms with Crippen molar-refractivity contribution in [1.82, 2.24) is 44.5 Å². The minimum absolute atomic E-state index is 0.0520. The molecule has 49 heavy (non-hydrogen) atoms. The van der Waals surface area contributed by atoms with Crippen molar-refractivity contribution in [3.8, 4) is 23.4 Å². The smallest absolute Gasteiger partial charge is 0.186 e. The third-order valence-corrected chi connectivity index (χ3v) is 11.0. The molecule has 2 N–H and O–H groups in total. The molecule has 2 aliphatic carbocycles. The summed E-state index contributed by atoms with van der Waals surface area (Å²) in [6.07, 6.45) is 11.9. The lowest BCUT2D eigenvalue weighted by atomic mass is 9.61. The number of carbonyl (C=O) groups excluding carboxylic acids is 1. The van der Waals surface area contributed by atoms with Crippen molar-refractivity contribution in [2.75, 3.05) is 33.4 Å². The average Bonchev–Trinajstić information content (AvgIpc) is 3.90. The maximum atomic E-state index is 12.1. The first-order chi connectivity index (χ1) is 23.7. The van der Waals surface area contributed by atoms with E-state index in [0.717, 1.165) is 97.6 Å². The van der Waals surface area contributed by atoms with E-state index in [1.807, 2.05) is 35.9 Å². The van der Waals surface area contributed by atoms with Gasteiger partial charge in [0.1, 0.15) is 11.8 Å². The Hall–Kier alpha value is -4.93. The van der Waals surface area contributed by atoms with Gasteiger partial charge in [-0.1, -0.05) is 11.2 Å². The van der Waals surface area contributed by atoms with Crippen molar-refractivity contribution in [2.24, 2.45) is 0 Å². The van der Waals surface area contributed by atoms with Crippen molar-refractivity contribution in [2.45, 2.75) is 82.3 Å². The van der Waals surface area contributed by atoms with E-state index >= 15 is 0 Å².